The number of carbonyl (C=O) groups is 1. The molecule has 0 aromatic heterocycles. The average molecular weight is 721 g/mol. The zero-order valence-electron chi connectivity index (χ0n) is 30.8. The molecule has 53 heavy (non-hydrogen) atoms. The van der Waals surface area contributed by atoms with Crippen LogP contribution < -0.4 is 20.9 Å². The largest absolute Gasteiger partial charge is 0.465 e. The summed E-state index contributed by atoms with van der Waals surface area (Å²) in [6.45, 7) is 4.61. The zero-order chi connectivity index (χ0) is 37.5. The number of hydrogen-bond acceptors (Lipinski definition) is 10. The lowest BCUT2D eigenvalue weighted by atomic mass is 9.85. The number of hydrogen-bond donors (Lipinski definition) is 5. The first-order valence-corrected chi connectivity index (χ1v) is 19.0. The van der Waals surface area contributed by atoms with Gasteiger partial charge in [-0.15, -0.1) is 0 Å². The number of aliphatic hydroxyl groups excluding tert-OH is 3. The molecule has 280 valence electrons. The molecule has 2 aromatic carbocycles. The van der Waals surface area contributed by atoms with E-state index in [1.165, 1.54) is 0 Å². The van der Waals surface area contributed by atoms with Gasteiger partial charge in [0.15, 0.2) is 17.7 Å². The SMILES string of the molecule is CCCCCC(C(=O)CCc1ccc2c(c1)OC1C(C#CC(O)c3ccc(C(N)N)cc3CC3=CN=C4CN1C=C34)CC#CO2)C(O)CC(O)CCC. The van der Waals surface area contributed by atoms with Gasteiger partial charge in [0.1, 0.15) is 18.0 Å². The van der Waals surface area contributed by atoms with E-state index in [0.717, 1.165) is 59.2 Å². The number of fused-ring (bicyclic) bond motifs is 5. The Morgan fingerprint density at radius 2 is 1.91 bits per heavy atom. The quantitative estimate of drug-likeness (QED) is 0.101. The van der Waals surface area contributed by atoms with Crippen molar-refractivity contribution in [3.05, 3.63) is 82.2 Å². The molecule has 2 bridgehead atoms. The highest BCUT2D eigenvalue weighted by molar-refractivity contribution is 6.09. The molecule has 2 aromatic rings. The maximum atomic E-state index is 13.6. The standard InChI is InChI=1S/C43H52N4O6/c1-3-5-6-10-34(39(51)23-32(48)8-4-2)38(50)16-11-27-12-18-40-41(20-27)53-43-28(9-7-19-52-40)14-17-37(49)33-15-13-29(42(44)45)21-30(33)22-31-24-46-36-26-47(43)25-35(31)36/h12-13,15,18,20-21,24-25,28,32,34,37,39,42-43,48-49,51H,3-6,8-11,16,22-23,26,44-45H2,1-2H3. The van der Waals surface area contributed by atoms with Crippen molar-refractivity contribution in [2.24, 2.45) is 28.3 Å². The first-order chi connectivity index (χ1) is 25.6. The number of ketones is 1. The third-order valence-electron chi connectivity index (χ3n) is 10.6. The molecule has 10 nitrogen and oxygen atoms in total. The van der Waals surface area contributed by atoms with E-state index in [-0.39, 0.29) is 18.6 Å². The molecule has 0 saturated heterocycles. The topological polar surface area (TPSA) is 164 Å². The Balaban J connectivity index is 1.26. The Bertz CT molecular complexity index is 1880. The number of rotatable bonds is 14. The highest BCUT2D eigenvalue weighted by Gasteiger charge is 2.36. The van der Waals surface area contributed by atoms with Crippen LogP contribution in [0.15, 0.2) is 64.9 Å². The Morgan fingerprint density at radius 3 is 2.70 bits per heavy atom. The van der Waals surface area contributed by atoms with Gasteiger partial charge in [-0.3, -0.25) is 9.79 Å². The van der Waals surface area contributed by atoms with Crippen LogP contribution in [-0.4, -0.2) is 56.7 Å². The minimum Gasteiger partial charge on any atom is -0.465 e. The van der Waals surface area contributed by atoms with E-state index < -0.39 is 42.5 Å². The van der Waals surface area contributed by atoms with Crippen LogP contribution in [0.4, 0.5) is 0 Å². The monoisotopic (exact) mass is 720 g/mol. The van der Waals surface area contributed by atoms with Crippen LogP contribution in [-0.2, 0) is 17.6 Å². The number of ether oxygens (including phenoxy) is 2. The molecule has 6 rings (SSSR count). The van der Waals surface area contributed by atoms with Crippen LogP contribution in [0.2, 0.25) is 0 Å². The van der Waals surface area contributed by atoms with E-state index in [9.17, 15) is 20.1 Å². The van der Waals surface area contributed by atoms with Gasteiger partial charge in [0.25, 0.3) is 0 Å². The fourth-order valence-electron chi connectivity index (χ4n) is 7.56. The van der Waals surface area contributed by atoms with E-state index in [2.05, 4.69) is 41.9 Å². The molecule has 6 unspecified atom stereocenters. The molecule has 4 aliphatic heterocycles. The number of aliphatic hydroxyl groups is 3. The zero-order valence-corrected chi connectivity index (χ0v) is 30.8. The Kier molecular flexibility index (Phi) is 12.7. The Labute approximate surface area is 313 Å². The summed E-state index contributed by atoms with van der Waals surface area (Å²) in [5, 5.41) is 32.8. The number of aryl methyl sites for hydroxylation is 1. The normalized spacial score (nSPS) is 21.6. The highest BCUT2D eigenvalue weighted by Crippen LogP contribution is 2.37. The van der Waals surface area contributed by atoms with Gasteiger partial charge in [-0.05, 0) is 65.6 Å². The number of aliphatic imine (C=N–C) groups is 1. The van der Waals surface area contributed by atoms with Crippen molar-refractivity contribution in [2.75, 3.05) is 6.54 Å². The minimum absolute atomic E-state index is 0.000581. The molecule has 10 heteroatoms. The van der Waals surface area contributed by atoms with Crippen LogP contribution in [0.5, 0.6) is 11.5 Å². The fourth-order valence-corrected chi connectivity index (χ4v) is 7.56. The van der Waals surface area contributed by atoms with Crippen molar-refractivity contribution in [2.45, 2.75) is 115 Å². The van der Waals surface area contributed by atoms with Gasteiger partial charge >= 0.3 is 0 Å². The molecule has 0 saturated carbocycles. The molecule has 0 radical (unpaired) electrons. The molecule has 4 aliphatic rings. The summed E-state index contributed by atoms with van der Waals surface area (Å²) in [6, 6.07) is 11.2. The molecular weight excluding hydrogens is 668 g/mol. The molecule has 0 spiro atoms. The molecular formula is C43H52N4O6. The second-order valence-corrected chi connectivity index (χ2v) is 14.6. The van der Waals surface area contributed by atoms with Gasteiger partial charge < -0.3 is 41.2 Å². The lowest BCUT2D eigenvalue weighted by molar-refractivity contribution is -0.127. The third kappa shape index (κ3) is 9.21. The van der Waals surface area contributed by atoms with Gasteiger partial charge in [0.2, 0.25) is 0 Å². The van der Waals surface area contributed by atoms with Crippen LogP contribution in [0.25, 0.3) is 0 Å². The average Bonchev–Trinajstić information content (AvgIpc) is 3.74. The number of nitrogens with zero attached hydrogens (tertiary/aromatic N) is 2. The van der Waals surface area contributed by atoms with Gasteiger partial charge in [-0.2, -0.15) is 0 Å². The summed E-state index contributed by atoms with van der Waals surface area (Å²) in [6.07, 6.45) is 9.60. The smallest absolute Gasteiger partial charge is 0.187 e. The lowest BCUT2D eigenvalue weighted by Crippen LogP contribution is -2.41. The Hall–Kier alpha value is -4.42. The summed E-state index contributed by atoms with van der Waals surface area (Å²) in [4.78, 5) is 20.4. The number of Topliss-reactive ketones (excluding diaryl/α,β-unsaturated/α-hetero) is 1. The van der Waals surface area contributed by atoms with Crippen molar-refractivity contribution >= 4 is 11.5 Å². The fraction of sp³-hybridized carbons (Fsp3) is 0.488. The van der Waals surface area contributed by atoms with Crippen molar-refractivity contribution < 1.29 is 29.6 Å². The highest BCUT2D eigenvalue weighted by atomic mass is 16.5. The summed E-state index contributed by atoms with van der Waals surface area (Å²) >= 11 is 0. The predicted octanol–water partition coefficient (Wildman–Crippen LogP) is 5.11. The molecule has 0 aliphatic carbocycles. The Morgan fingerprint density at radius 1 is 1.06 bits per heavy atom. The van der Waals surface area contributed by atoms with Crippen molar-refractivity contribution in [1.82, 2.24) is 4.90 Å². The first-order valence-electron chi connectivity index (χ1n) is 19.0. The molecule has 0 amide bonds. The van der Waals surface area contributed by atoms with Crippen molar-refractivity contribution in [3.8, 4) is 35.4 Å². The molecule has 4 heterocycles. The molecule has 0 fully saturated rings. The van der Waals surface area contributed by atoms with E-state index in [1.807, 2.05) is 49.5 Å². The van der Waals surface area contributed by atoms with Gasteiger partial charge in [-0.1, -0.05) is 81.6 Å². The molecule has 6 atom stereocenters. The number of unbranched alkanes of at least 4 members (excludes halogenated alkanes) is 2. The maximum Gasteiger partial charge on any atom is 0.187 e. The summed E-state index contributed by atoms with van der Waals surface area (Å²) in [5.74, 6) is 9.47. The van der Waals surface area contributed by atoms with E-state index in [0.29, 0.717) is 55.7 Å². The summed E-state index contributed by atoms with van der Waals surface area (Å²) in [7, 11) is 0. The van der Waals surface area contributed by atoms with Gasteiger partial charge in [0, 0.05) is 43.2 Å². The van der Waals surface area contributed by atoms with E-state index in [4.69, 9.17) is 25.9 Å². The van der Waals surface area contributed by atoms with E-state index in [1.54, 1.807) is 0 Å². The minimum atomic E-state index is -1.07. The summed E-state index contributed by atoms with van der Waals surface area (Å²) in [5.41, 5.74) is 18.2. The lowest BCUT2D eigenvalue weighted by Gasteiger charge is -2.32. The third-order valence-corrected chi connectivity index (χ3v) is 10.6. The van der Waals surface area contributed by atoms with Gasteiger partial charge in [0.05, 0.1) is 36.5 Å². The van der Waals surface area contributed by atoms with Crippen molar-refractivity contribution in [3.63, 3.8) is 0 Å². The second-order valence-electron chi connectivity index (χ2n) is 14.6. The number of nitrogens with two attached hydrogens (primary N) is 2. The van der Waals surface area contributed by atoms with Crippen LogP contribution >= 0.6 is 0 Å². The van der Waals surface area contributed by atoms with E-state index >= 15 is 0 Å². The number of allylic oxidation sites excluding steroid dienone is 1. The number of carbonyl (C=O) groups excluding carboxylic acids is 1. The predicted molar refractivity (Wildman–Crippen MR) is 204 cm³/mol. The van der Waals surface area contributed by atoms with Crippen LogP contribution in [0, 0.1) is 35.7 Å². The molecule has 7 N–H and O–H groups in total. The summed E-state index contributed by atoms with van der Waals surface area (Å²) < 4.78 is 12.7. The maximum absolute atomic E-state index is 13.6. The van der Waals surface area contributed by atoms with Crippen LogP contribution in [0.1, 0.15) is 106 Å². The first kappa shape index (κ1) is 38.3. The van der Waals surface area contributed by atoms with Crippen LogP contribution in [0.3, 0.4) is 0 Å². The number of benzene rings is 2. The van der Waals surface area contributed by atoms with Crippen molar-refractivity contribution in [1.29, 1.82) is 0 Å². The van der Waals surface area contributed by atoms with Gasteiger partial charge in [-0.25, -0.2) is 0 Å². The second kappa shape index (κ2) is 17.6.